The topological polar surface area (TPSA) is 96.9 Å². The second kappa shape index (κ2) is 8.00. The van der Waals surface area contributed by atoms with Crippen LogP contribution in [0.3, 0.4) is 0 Å². The highest BCUT2D eigenvalue weighted by Crippen LogP contribution is 2.22. The molecule has 7 nitrogen and oxygen atoms in total. The van der Waals surface area contributed by atoms with Crippen LogP contribution in [0.5, 0.6) is 5.75 Å². The van der Waals surface area contributed by atoms with Crippen molar-refractivity contribution in [2.24, 2.45) is 0 Å². The maximum Gasteiger partial charge on any atom is 0.326 e. The van der Waals surface area contributed by atoms with Gasteiger partial charge >= 0.3 is 12.0 Å². The van der Waals surface area contributed by atoms with Crippen LogP contribution in [0.4, 0.5) is 10.5 Å². The number of carboxylic acid groups (broad SMARTS) is 1. The van der Waals surface area contributed by atoms with Crippen molar-refractivity contribution in [3.05, 3.63) is 24.3 Å². The molecule has 0 saturated carbocycles. The van der Waals surface area contributed by atoms with Gasteiger partial charge < -0.3 is 25.2 Å². The van der Waals surface area contributed by atoms with Crippen LogP contribution < -0.4 is 15.4 Å². The largest absolute Gasteiger partial charge is 0.495 e. The highest BCUT2D eigenvalue weighted by atomic mass is 16.5. The molecule has 1 atom stereocenters. The van der Waals surface area contributed by atoms with Crippen LogP contribution in [0.15, 0.2) is 24.3 Å². The molecule has 2 amide bonds. The first-order valence-electron chi connectivity index (χ1n) is 6.00. The average Bonchev–Trinajstić information content (AvgIpc) is 2.43. The number of rotatable bonds is 7. The average molecular weight is 282 g/mol. The van der Waals surface area contributed by atoms with E-state index in [1.807, 2.05) is 0 Å². The molecule has 110 valence electrons. The monoisotopic (exact) mass is 282 g/mol. The van der Waals surface area contributed by atoms with E-state index in [2.05, 4.69) is 10.6 Å². The molecule has 0 saturated heterocycles. The third-order valence-electron chi connectivity index (χ3n) is 2.57. The van der Waals surface area contributed by atoms with E-state index in [9.17, 15) is 9.59 Å². The van der Waals surface area contributed by atoms with E-state index < -0.39 is 18.0 Å². The summed E-state index contributed by atoms with van der Waals surface area (Å²) in [4.78, 5) is 22.8. The number of carboxylic acids is 1. The summed E-state index contributed by atoms with van der Waals surface area (Å²) in [5.74, 6) is -0.622. The van der Waals surface area contributed by atoms with Gasteiger partial charge in [-0.3, -0.25) is 0 Å². The Morgan fingerprint density at radius 2 is 2.00 bits per heavy atom. The smallest absolute Gasteiger partial charge is 0.326 e. The number of urea groups is 1. The normalized spacial score (nSPS) is 11.5. The van der Waals surface area contributed by atoms with Crippen molar-refractivity contribution in [3.8, 4) is 5.75 Å². The number of benzene rings is 1. The quantitative estimate of drug-likeness (QED) is 0.700. The molecule has 1 aromatic carbocycles. The molecule has 0 aliphatic heterocycles. The SMILES string of the molecule is COCCC(NC(=O)Nc1ccccc1OC)C(=O)O. The lowest BCUT2D eigenvalue weighted by atomic mass is 10.2. The predicted molar refractivity (Wildman–Crippen MR) is 73.1 cm³/mol. The molecular formula is C13H18N2O5. The molecule has 0 spiro atoms. The van der Waals surface area contributed by atoms with E-state index >= 15 is 0 Å². The molecule has 0 fully saturated rings. The third kappa shape index (κ3) is 4.77. The second-order valence-corrected chi connectivity index (χ2v) is 3.97. The fourth-order valence-corrected chi connectivity index (χ4v) is 1.56. The van der Waals surface area contributed by atoms with Gasteiger partial charge in [-0.05, 0) is 12.1 Å². The van der Waals surface area contributed by atoms with Gasteiger partial charge in [-0.1, -0.05) is 12.1 Å². The van der Waals surface area contributed by atoms with Crippen molar-refractivity contribution >= 4 is 17.7 Å². The molecule has 1 aromatic rings. The molecule has 0 bridgehead atoms. The maximum atomic E-state index is 11.8. The molecule has 20 heavy (non-hydrogen) atoms. The van der Waals surface area contributed by atoms with Crippen molar-refractivity contribution in [2.45, 2.75) is 12.5 Å². The summed E-state index contributed by atoms with van der Waals surface area (Å²) in [6.07, 6.45) is 0.186. The van der Waals surface area contributed by atoms with Crippen molar-refractivity contribution in [2.75, 3.05) is 26.1 Å². The van der Waals surface area contributed by atoms with Gasteiger partial charge in [0.15, 0.2) is 0 Å². The van der Waals surface area contributed by atoms with Crippen molar-refractivity contribution in [3.63, 3.8) is 0 Å². The number of hydrogen-bond acceptors (Lipinski definition) is 4. The van der Waals surface area contributed by atoms with Crippen LogP contribution in [-0.2, 0) is 9.53 Å². The fraction of sp³-hybridized carbons (Fsp3) is 0.385. The molecule has 3 N–H and O–H groups in total. The van der Waals surface area contributed by atoms with E-state index in [0.717, 1.165) is 0 Å². The number of aliphatic carboxylic acids is 1. The molecule has 0 aliphatic rings. The summed E-state index contributed by atoms with van der Waals surface area (Å²) in [5, 5.41) is 13.9. The van der Waals surface area contributed by atoms with Crippen LogP contribution in [-0.4, -0.2) is 44.0 Å². The van der Waals surface area contributed by atoms with Crippen LogP contribution in [0, 0.1) is 0 Å². The lowest BCUT2D eigenvalue weighted by molar-refractivity contribution is -0.139. The van der Waals surface area contributed by atoms with E-state index in [4.69, 9.17) is 14.6 Å². The van der Waals surface area contributed by atoms with Gasteiger partial charge in [0.05, 0.1) is 12.8 Å². The Bertz CT molecular complexity index is 464. The van der Waals surface area contributed by atoms with E-state index in [1.165, 1.54) is 14.2 Å². The van der Waals surface area contributed by atoms with Crippen LogP contribution in [0.1, 0.15) is 6.42 Å². The Hall–Kier alpha value is -2.28. The standard InChI is InChI=1S/C13H18N2O5/c1-19-8-7-10(12(16)17)15-13(18)14-9-5-3-4-6-11(9)20-2/h3-6,10H,7-8H2,1-2H3,(H,16,17)(H2,14,15,18). The minimum absolute atomic E-state index is 0.186. The van der Waals surface area contributed by atoms with Crippen LogP contribution in [0.25, 0.3) is 0 Å². The zero-order valence-electron chi connectivity index (χ0n) is 11.4. The molecule has 0 aliphatic carbocycles. The number of anilines is 1. The maximum absolute atomic E-state index is 11.8. The Morgan fingerprint density at radius 3 is 2.60 bits per heavy atom. The van der Waals surface area contributed by atoms with Gasteiger partial charge in [-0.15, -0.1) is 0 Å². The number of ether oxygens (including phenoxy) is 2. The minimum atomic E-state index is -1.11. The predicted octanol–water partition coefficient (Wildman–Crippen LogP) is 1.31. The summed E-state index contributed by atoms with van der Waals surface area (Å²) in [7, 11) is 2.95. The summed E-state index contributed by atoms with van der Waals surface area (Å²) in [6.45, 7) is 0.242. The summed E-state index contributed by atoms with van der Waals surface area (Å²) < 4.78 is 9.89. The van der Waals surface area contributed by atoms with Gasteiger partial charge in [0.25, 0.3) is 0 Å². The summed E-state index contributed by atoms with van der Waals surface area (Å²) in [5.41, 5.74) is 0.461. The number of nitrogens with one attached hydrogen (secondary N) is 2. The van der Waals surface area contributed by atoms with Crippen molar-refractivity contribution in [1.29, 1.82) is 0 Å². The number of hydrogen-bond donors (Lipinski definition) is 3. The van der Waals surface area contributed by atoms with Crippen molar-refractivity contribution < 1.29 is 24.2 Å². The Kier molecular flexibility index (Phi) is 6.31. The summed E-state index contributed by atoms with van der Waals surface area (Å²) in [6, 6.07) is 5.22. The fourth-order valence-electron chi connectivity index (χ4n) is 1.56. The molecule has 0 aromatic heterocycles. The molecule has 1 unspecified atom stereocenters. The first-order chi connectivity index (χ1) is 9.58. The Morgan fingerprint density at radius 1 is 1.30 bits per heavy atom. The number of carbonyl (C=O) groups excluding carboxylic acids is 1. The zero-order chi connectivity index (χ0) is 15.0. The van der Waals surface area contributed by atoms with Gasteiger partial charge in [0.2, 0.25) is 0 Å². The van der Waals surface area contributed by atoms with E-state index in [1.54, 1.807) is 24.3 Å². The molecule has 7 heteroatoms. The molecule has 0 heterocycles. The van der Waals surface area contributed by atoms with Gasteiger partial charge in [0.1, 0.15) is 11.8 Å². The molecule has 1 rings (SSSR count). The van der Waals surface area contributed by atoms with Crippen molar-refractivity contribution in [1.82, 2.24) is 5.32 Å². The van der Waals surface area contributed by atoms with E-state index in [-0.39, 0.29) is 13.0 Å². The van der Waals surface area contributed by atoms with Gasteiger partial charge in [-0.2, -0.15) is 0 Å². The first-order valence-corrected chi connectivity index (χ1v) is 6.00. The Labute approximate surface area is 116 Å². The third-order valence-corrected chi connectivity index (χ3v) is 2.57. The van der Waals surface area contributed by atoms with Gasteiger partial charge in [0, 0.05) is 20.1 Å². The van der Waals surface area contributed by atoms with Crippen LogP contribution >= 0.6 is 0 Å². The Balaban J connectivity index is 2.63. The lowest BCUT2D eigenvalue weighted by Crippen LogP contribution is -2.43. The number of methoxy groups -OCH3 is 2. The molecule has 0 radical (unpaired) electrons. The first kappa shape index (κ1) is 15.8. The van der Waals surface area contributed by atoms with Crippen LogP contribution in [0.2, 0.25) is 0 Å². The van der Waals surface area contributed by atoms with E-state index in [0.29, 0.717) is 11.4 Å². The molecular weight excluding hydrogens is 264 g/mol. The number of carbonyl (C=O) groups is 2. The van der Waals surface area contributed by atoms with Gasteiger partial charge in [-0.25, -0.2) is 9.59 Å². The highest BCUT2D eigenvalue weighted by molar-refractivity contribution is 5.93. The zero-order valence-corrected chi connectivity index (χ0v) is 11.4. The minimum Gasteiger partial charge on any atom is -0.495 e. The second-order valence-electron chi connectivity index (χ2n) is 3.97. The number of amides is 2. The lowest BCUT2D eigenvalue weighted by Gasteiger charge is -2.15. The highest BCUT2D eigenvalue weighted by Gasteiger charge is 2.19. The number of para-hydroxylation sites is 2. The summed E-state index contributed by atoms with van der Waals surface area (Å²) >= 11 is 0.